The molecular formula is C43H50N2O13S2. The van der Waals surface area contributed by atoms with Crippen LogP contribution in [0, 0.1) is 11.8 Å². The monoisotopic (exact) mass is 866 g/mol. The number of esters is 2. The smallest absolute Gasteiger partial charge is 0.322 e. The number of rotatable bonds is 23. The van der Waals surface area contributed by atoms with Crippen LogP contribution in [-0.2, 0) is 69.9 Å². The Balaban J connectivity index is 1.35. The first kappa shape index (κ1) is 46.7. The summed E-state index contributed by atoms with van der Waals surface area (Å²) in [6.45, 7) is 6.01. The maximum absolute atomic E-state index is 13.7. The van der Waals surface area contributed by atoms with Crippen molar-refractivity contribution < 1.29 is 58.7 Å². The lowest BCUT2D eigenvalue weighted by Crippen LogP contribution is -2.34. The van der Waals surface area contributed by atoms with E-state index < -0.39 is 44.0 Å². The lowest BCUT2D eigenvalue weighted by atomic mass is 9.94. The number of hydrogen-bond donors (Lipinski definition) is 0. The Morgan fingerprint density at radius 3 is 1.25 bits per heavy atom. The van der Waals surface area contributed by atoms with Gasteiger partial charge in [-0.1, -0.05) is 58.8 Å². The summed E-state index contributed by atoms with van der Waals surface area (Å²) in [6, 6.07) is 27.7. The normalized spacial score (nSPS) is 13.1. The number of oxime groups is 2. The molecule has 2 unspecified atom stereocenters. The zero-order chi connectivity index (χ0) is 43.7. The highest BCUT2D eigenvalue weighted by Crippen LogP contribution is 2.22. The SMILES string of the molecule is CCON=C(C)C(Cc1ccc(OCCc2ccc(OS(C)(=O)=O)cc2)cc1)C(=O)OC(=O)C(Cc1ccc(OCCc2ccc(OS(C)(=O)=O)cc2)cc1)C(C)=NOC. The van der Waals surface area contributed by atoms with Crippen molar-refractivity contribution in [2.75, 3.05) is 39.4 Å². The first-order valence-corrected chi connectivity index (χ1v) is 22.5. The second-order valence-corrected chi connectivity index (χ2v) is 16.8. The van der Waals surface area contributed by atoms with Crippen LogP contribution in [0.4, 0.5) is 0 Å². The lowest BCUT2D eigenvalue weighted by molar-refractivity contribution is -0.162. The van der Waals surface area contributed by atoms with Gasteiger partial charge in [0.15, 0.2) is 0 Å². The molecule has 4 aromatic carbocycles. The minimum Gasteiger partial charge on any atom is -0.493 e. The first-order chi connectivity index (χ1) is 28.5. The second kappa shape index (κ2) is 22.4. The summed E-state index contributed by atoms with van der Waals surface area (Å²) in [5, 5.41) is 8.05. The number of carbonyl (C=O) groups excluding carboxylic acids is 2. The predicted molar refractivity (Wildman–Crippen MR) is 225 cm³/mol. The molecule has 4 aromatic rings. The Morgan fingerprint density at radius 2 is 0.900 bits per heavy atom. The minimum absolute atomic E-state index is 0.161. The molecule has 4 rings (SSSR count). The van der Waals surface area contributed by atoms with Gasteiger partial charge in [-0.15, -0.1) is 0 Å². The Bertz CT molecular complexity index is 2290. The van der Waals surface area contributed by atoms with Gasteiger partial charge in [-0.2, -0.15) is 16.8 Å². The van der Waals surface area contributed by atoms with Gasteiger partial charge < -0.3 is 32.3 Å². The van der Waals surface area contributed by atoms with Crippen LogP contribution in [0.5, 0.6) is 23.0 Å². The van der Waals surface area contributed by atoms with E-state index >= 15 is 0 Å². The van der Waals surface area contributed by atoms with E-state index in [0.717, 1.165) is 34.8 Å². The number of hydrogen-bond acceptors (Lipinski definition) is 15. The predicted octanol–water partition coefficient (Wildman–Crippen LogP) is 6.13. The van der Waals surface area contributed by atoms with E-state index in [-0.39, 0.29) is 30.9 Å². The van der Waals surface area contributed by atoms with E-state index in [9.17, 15) is 26.4 Å². The molecule has 17 heteroatoms. The maximum Gasteiger partial charge on any atom is 0.322 e. The Morgan fingerprint density at radius 1 is 0.550 bits per heavy atom. The molecule has 0 radical (unpaired) electrons. The molecular weight excluding hydrogens is 817 g/mol. The van der Waals surface area contributed by atoms with Crippen molar-refractivity contribution >= 4 is 43.6 Å². The van der Waals surface area contributed by atoms with Gasteiger partial charge in [0.25, 0.3) is 0 Å². The van der Waals surface area contributed by atoms with Crippen LogP contribution in [0.2, 0.25) is 0 Å². The number of ether oxygens (including phenoxy) is 3. The van der Waals surface area contributed by atoms with Crippen molar-refractivity contribution in [3.8, 4) is 23.0 Å². The quantitative estimate of drug-likeness (QED) is 0.0272. The molecule has 0 bridgehead atoms. The molecule has 0 N–H and O–H groups in total. The summed E-state index contributed by atoms with van der Waals surface area (Å²) in [7, 11) is -5.85. The number of benzene rings is 4. The largest absolute Gasteiger partial charge is 0.493 e. The van der Waals surface area contributed by atoms with Crippen LogP contribution in [-0.4, -0.2) is 79.6 Å². The Labute approximate surface area is 351 Å². The third-order valence-corrected chi connectivity index (χ3v) is 9.73. The number of carbonyl (C=O) groups is 2. The lowest BCUT2D eigenvalue weighted by Gasteiger charge is -2.19. The molecule has 0 amide bonds. The van der Waals surface area contributed by atoms with Gasteiger partial charge in [0.05, 0.1) is 37.1 Å². The molecule has 0 saturated heterocycles. The van der Waals surface area contributed by atoms with Gasteiger partial charge in [-0.25, -0.2) is 0 Å². The molecule has 2 atom stereocenters. The summed E-state index contributed by atoms with van der Waals surface area (Å²) in [4.78, 5) is 37.6. The average molecular weight is 867 g/mol. The maximum atomic E-state index is 13.7. The molecule has 0 aliphatic heterocycles. The van der Waals surface area contributed by atoms with Gasteiger partial charge >= 0.3 is 32.2 Å². The summed E-state index contributed by atoms with van der Waals surface area (Å²) in [5.41, 5.74) is 4.02. The topological polar surface area (TPSA) is 192 Å². The van der Waals surface area contributed by atoms with Crippen LogP contribution >= 0.6 is 0 Å². The fraction of sp³-hybridized carbons (Fsp3) is 0.349. The standard InChI is InChI=1S/C43H50N2O13S2/c1-7-55-45-31(3)41(29-35-14-18-37(19-15-35)54-27-25-33-10-22-39(23-11-33)58-60(6,50)51)43(47)56-42(46)40(30(2)44-52-4)28-34-12-16-36(17-13-34)53-26-24-32-8-20-38(21-9-32)57-59(5,48)49/h8-23,40-41H,7,24-29H2,1-6H3. The van der Waals surface area contributed by atoms with E-state index in [2.05, 4.69) is 10.3 Å². The zero-order valence-corrected chi connectivity index (χ0v) is 36.0. The minimum atomic E-state index is -3.61. The van der Waals surface area contributed by atoms with Crippen molar-refractivity contribution in [3.05, 3.63) is 119 Å². The molecule has 322 valence electrons. The third-order valence-electron chi connectivity index (χ3n) is 8.74. The Hall–Kier alpha value is -5.94. The molecule has 0 aliphatic carbocycles. The highest BCUT2D eigenvalue weighted by Gasteiger charge is 2.32. The van der Waals surface area contributed by atoms with E-state index in [4.69, 9.17) is 32.3 Å². The second-order valence-electron chi connectivity index (χ2n) is 13.7. The molecule has 0 saturated carbocycles. The van der Waals surface area contributed by atoms with Crippen LogP contribution < -0.4 is 17.8 Å². The van der Waals surface area contributed by atoms with Crippen LogP contribution in [0.15, 0.2) is 107 Å². The summed E-state index contributed by atoms with van der Waals surface area (Å²) >= 11 is 0. The first-order valence-electron chi connectivity index (χ1n) is 18.9. The summed E-state index contributed by atoms with van der Waals surface area (Å²) < 4.78 is 72.4. The van der Waals surface area contributed by atoms with Crippen LogP contribution in [0.1, 0.15) is 43.0 Å². The van der Waals surface area contributed by atoms with Crippen LogP contribution in [0.3, 0.4) is 0 Å². The summed E-state index contributed by atoms with van der Waals surface area (Å²) in [5.74, 6) is -1.83. The molecule has 15 nitrogen and oxygen atoms in total. The fourth-order valence-electron chi connectivity index (χ4n) is 5.74. The van der Waals surface area contributed by atoms with Crippen molar-refractivity contribution in [2.24, 2.45) is 22.1 Å². The zero-order valence-electron chi connectivity index (χ0n) is 34.4. The highest BCUT2D eigenvalue weighted by atomic mass is 32.2. The van der Waals surface area contributed by atoms with Crippen LogP contribution in [0.25, 0.3) is 0 Å². The number of nitrogens with zero attached hydrogens (tertiary/aromatic N) is 2. The molecule has 0 fully saturated rings. The van der Waals surface area contributed by atoms with E-state index in [1.165, 1.54) is 7.11 Å². The van der Waals surface area contributed by atoms with Gasteiger partial charge in [-0.3, -0.25) is 9.59 Å². The van der Waals surface area contributed by atoms with Crippen molar-refractivity contribution in [1.29, 1.82) is 0 Å². The third kappa shape index (κ3) is 16.4. The van der Waals surface area contributed by atoms with Gasteiger partial charge in [0.1, 0.15) is 48.6 Å². The molecule has 0 spiro atoms. The molecule has 0 aromatic heterocycles. The van der Waals surface area contributed by atoms with Gasteiger partial charge in [-0.05, 0) is 104 Å². The van der Waals surface area contributed by atoms with Gasteiger partial charge in [0.2, 0.25) is 0 Å². The Kier molecular flexibility index (Phi) is 17.5. The van der Waals surface area contributed by atoms with Crippen molar-refractivity contribution in [3.63, 3.8) is 0 Å². The average Bonchev–Trinajstić information content (AvgIpc) is 3.19. The highest BCUT2D eigenvalue weighted by molar-refractivity contribution is 7.86. The van der Waals surface area contributed by atoms with Gasteiger partial charge in [0, 0.05) is 12.8 Å². The molecule has 0 aliphatic rings. The van der Waals surface area contributed by atoms with E-state index in [1.807, 2.05) is 12.1 Å². The summed E-state index contributed by atoms with van der Waals surface area (Å²) in [6.07, 6.45) is 3.43. The molecule has 60 heavy (non-hydrogen) atoms. The van der Waals surface area contributed by atoms with E-state index in [0.29, 0.717) is 49.0 Å². The van der Waals surface area contributed by atoms with Crippen molar-refractivity contribution in [1.82, 2.24) is 0 Å². The van der Waals surface area contributed by atoms with Crippen molar-refractivity contribution in [2.45, 2.75) is 46.5 Å². The fourth-order valence-corrected chi connectivity index (χ4v) is 6.66. The molecule has 0 heterocycles. The van der Waals surface area contributed by atoms with E-state index in [1.54, 1.807) is 106 Å².